The predicted octanol–water partition coefficient (Wildman–Crippen LogP) is 4.26. The van der Waals surface area contributed by atoms with Gasteiger partial charge in [0.25, 0.3) is 0 Å². The third-order valence-corrected chi connectivity index (χ3v) is 7.05. The van der Waals surface area contributed by atoms with Gasteiger partial charge in [0, 0.05) is 22.8 Å². The number of nitrogens with zero attached hydrogens (tertiary/aromatic N) is 2. The lowest BCUT2D eigenvalue weighted by molar-refractivity contribution is 0.245. The molecule has 0 saturated heterocycles. The van der Waals surface area contributed by atoms with Crippen LogP contribution in [0.25, 0.3) is 10.9 Å². The molecule has 3 aliphatic rings. The van der Waals surface area contributed by atoms with E-state index in [0.717, 1.165) is 23.1 Å². The summed E-state index contributed by atoms with van der Waals surface area (Å²) < 4.78 is 5.66. The SMILES string of the molecule is COc1cnccc1[C@@H]1Nc2ccc3[nH]ncc3c2[C@H]2C3CCC(C3)[C@@H]12. The van der Waals surface area contributed by atoms with Crippen LogP contribution in [0.5, 0.6) is 5.75 Å². The smallest absolute Gasteiger partial charge is 0.142 e. The van der Waals surface area contributed by atoms with Crippen LogP contribution in [0, 0.1) is 17.8 Å². The van der Waals surface area contributed by atoms with Crippen LogP contribution < -0.4 is 10.1 Å². The van der Waals surface area contributed by atoms with Gasteiger partial charge in [-0.2, -0.15) is 5.10 Å². The van der Waals surface area contributed by atoms with Crippen LogP contribution in [0.4, 0.5) is 5.69 Å². The number of pyridine rings is 1. The first-order valence-corrected chi connectivity index (χ1v) is 9.55. The van der Waals surface area contributed by atoms with E-state index >= 15 is 0 Å². The summed E-state index contributed by atoms with van der Waals surface area (Å²) >= 11 is 0. The summed E-state index contributed by atoms with van der Waals surface area (Å²) in [6, 6.07) is 6.77. The fourth-order valence-electron chi connectivity index (χ4n) is 6.14. The van der Waals surface area contributed by atoms with Crippen molar-refractivity contribution >= 4 is 16.6 Å². The fraction of sp³-hybridized carbons (Fsp3) is 0.429. The molecule has 5 atom stereocenters. The molecule has 2 aliphatic carbocycles. The number of hydrogen-bond donors (Lipinski definition) is 2. The van der Waals surface area contributed by atoms with E-state index in [9.17, 15) is 0 Å². The molecule has 2 bridgehead atoms. The average molecular weight is 346 g/mol. The van der Waals surface area contributed by atoms with Crippen molar-refractivity contribution in [3.63, 3.8) is 0 Å². The Morgan fingerprint density at radius 3 is 2.96 bits per heavy atom. The normalized spacial score (nSPS) is 31.5. The van der Waals surface area contributed by atoms with E-state index in [-0.39, 0.29) is 6.04 Å². The van der Waals surface area contributed by atoms with Crippen LogP contribution in [-0.2, 0) is 0 Å². The molecule has 2 saturated carbocycles. The van der Waals surface area contributed by atoms with Crippen LogP contribution in [0.1, 0.15) is 42.3 Å². The number of anilines is 1. The third kappa shape index (κ3) is 1.81. The van der Waals surface area contributed by atoms with E-state index in [1.165, 1.54) is 41.5 Å². The molecular formula is C21H22N4O. The summed E-state index contributed by atoms with van der Waals surface area (Å²) in [6.07, 6.45) is 9.80. The van der Waals surface area contributed by atoms with Gasteiger partial charge in [0.1, 0.15) is 5.75 Å². The lowest BCUT2D eigenvalue weighted by Gasteiger charge is -2.44. The Bertz CT molecular complexity index is 997. The third-order valence-electron chi connectivity index (χ3n) is 7.05. The van der Waals surface area contributed by atoms with Crippen molar-refractivity contribution in [2.24, 2.45) is 17.8 Å². The molecule has 5 nitrogen and oxygen atoms in total. The van der Waals surface area contributed by atoms with E-state index < -0.39 is 0 Å². The minimum Gasteiger partial charge on any atom is -0.495 e. The summed E-state index contributed by atoms with van der Waals surface area (Å²) in [5.41, 5.74) is 5.13. The average Bonchev–Trinajstić information content (AvgIpc) is 3.42. The van der Waals surface area contributed by atoms with Gasteiger partial charge < -0.3 is 10.1 Å². The highest BCUT2D eigenvalue weighted by Crippen LogP contribution is 2.64. The number of nitrogens with one attached hydrogen (secondary N) is 2. The lowest BCUT2D eigenvalue weighted by Crippen LogP contribution is -2.35. The first-order valence-electron chi connectivity index (χ1n) is 9.55. The van der Waals surface area contributed by atoms with E-state index in [1.54, 1.807) is 7.11 Å². The highest BCUT2D eigenvalue weighted by Gasteiger charge is 2.54. The summed E-state index contributed by atoms with van der Waals surface area (Å²) in [5.74, 6) is 3.68. The highest BCUT2D eigenvalue weighted by molar-refractivity contribution is 5.88. The first kappa shape index (κ1) is 14.6. The van der Waals surface area contributed by atoms with Crippen LogP contribution in [-0.4, -0.2) is 22.3 Å². The minimum absolute atomic E-state index is 0.283. The predicted molar refractivity (Wildman–Crippen MR) is 100 cm³/mol. The van der Waals surface area contributed by atoms with Gasteiger partial charge in [0.05, 0.1) is 31.1 Å². The van der Waals surface area contributed by atoms with Gasteiger partial charge >= 0.3 is 0 Å². The van der Waals surface area contributed by atoms with Crippen molar-refractivity contribution in [2.75, 3.05) is 12.4 Å². The Morgan fingerprint density at radius 1 is 1.12 bits per heavy atom. The number of benzene rings is 1. The van der Waals surface area contributed by atoms with Gasteiger partial charge in [-0.3, -0.25) is 10.1 Å². The molecule has 26 heavy (non-hydrogen) atoms. The van der Waals surface area contributed by atoms with Gasteiger partial charge in [0.15, 0.2) is 0 Å². The van der Waals surface area contributed by atoms with E-state index in [4.69, 9.17) is 4.74 Å². The largest absolute Gasteiger partial charge is 0.495 e. The topological polar surface area (TPSA) is 62.8 Å². The molecule has 3 heterocycles. The first-order chi connectivity index (χ1) is 12.8. The quantitative estimate of drug-likeness (QED) is 0.728. The summed E-state index contributed by atoms with van der Waals surface area (Å²) in [7, 11) is 1.74. The van der Waals surface area contributed by atoms with Gasteiger partial charge in [-0.25, -0.2) is 0 Å². The van der Waals surface area contributed by atoms with Crippen molar-refractivity contribution in [3.8, 4) is 5.75 Å². The summed E-state index contributed by atoms with van der Waals surface area (Å²) in [5, 5.41) is 12.6. The summed E-state index contributed by atoms with van der Waals surface area (Å²) in [6.45, 7) is 0. The Hall–Kier alpha value is -2.56. The number of rotatable bonds is 2. The van der Waals surface area contributed by atoms with Crippen LogP contribution in [0.2, 0.25) is 0 Å². The van der Waals surface area contributed by atoms with Crippen LogP contribution >= 0.6 is 0 Å². The molecule has 0 radical (unpaired) electrons. The molecule has 2 aromatic heterocycles. The number of H-pyrrole nitrogens is 1. The molecule has 6 rings (SSSR count). The van der Waals surface area contributed by atoms with Crippen molar-refractivity contribution in [1.82, 2.24) is 15.2 Å². The molecule has 1 aromatic carbocycles. The standard InChI is InChI=1S/C21H22N4O/c1-26-17-10-22-7-6-13(17)21-19-12-3-2-11(8-12)18(19)20-14-9-23-25-15(14)4-5-16(20)24-21/h4-7,9-12,18-19,21,24H,2-3,8H2,1H3,(H,23,25)/t11?,12?,18-,19+,21-/m0/s1. The zero-order valence-electron chi connectivity index (χ0n) is 14.8. The van der Waals surface area contributed by atoms with E-state index in [2.05, 4.69) is 38.7 Å². The minimum atomic E-state index is 0.283. The monoisotopic (exact) mass is 346 g/mol. The Morgan fingerprint density at radius 2 is 2.04 bits per heavy atom. The second-order valence-corrected chi connectivity index (χ2v) is 8.03. The Kier molecular flexibility index (Phi) is 2.93. The van der Waals surface area contributed by atoms with Crippen molar-refractivity contribution in [3.05, 3.63) is 47.9 Å². The second kappa shape index (κ2) is 5.22. The Balaban J connectivity index is 1.57. The zero-order valence-corrected chi connectivity index (χ0v) is 14.8. The Labute approximate surface area is 152 Å². The van der Waals surface area contributed by atoms with Crippen LogP contribution in [0.15, 0.2) is 36.8 Å². The molecular weight excluding hydrogens is 324 g/mol. The van der Waals surface area contributed by atoms with E-state index in [1.807, 2.05) is 18.6 Å². The van der Waals surface area contributed by atoms with E-state index in [0.29, 0.717) is 11.8 Å². The number of aromatic nitrogens is 3. The van der Waals surface area contributed by atoms with Crippen molar-refractivity contribution in [2.45, 2.75) is 31.2 Å². The molecule has 1 aliphatic heterocycles. The number of fused-ring (bicyclic) bond motifs is 9. The maximum Gasteiger partial charge on any atom is 0.142 e. The summed E-state index contributed by atoms with van der Waals surface area (Å²) in [4.78, 5) is 4.26. The van der Waals surface area contributed by atoms with Crippen molar-refractivity contribution < 1.29 is 4.74 Å². The zero-order chi connectivity index (χ0) is 17.3. The maximum absolute atomic E-state index is 5.66. The molecule has 3 aromatic rings. The lowest BCUT2D eigenvalue weighted by atomic mass is 9.67. The number of aromatic amines is 1. The number of ether oxygens (including phenoxy) is 1. The van der Waals surface area contributed by atoms with Crippen molar-refractivity contribution in [1.29, 1.82) is 0 Å². The second-order valence-electron chi connectivity index (χ2n) is 8.03. The van der Waals surface area contributed by atoms with Gasteiger partial charge in [-0.05, 0) is 66.7 Å². The molecule has 2 unspecified atom stereocenters. The molecule has 0 spiro atoms. The molecule has 2 fully saturated rings. The number of hydrogen-bond acceptors (Lipinski definition) is 4. The maximum atomic E-state index is 5.66. The molecule has 132 valence electrons. The fourth-order valence-corrected chi connectivity index (χ4v) is 6.14. The van der Waals surface area contributed by atoms with Crippen LogP contribution in [0.3, 0.4) is 0 Å². The number of methoxy groups -OCH3 is 1. The molecule has 2 N–H and O–H groups in total. The molecule has 5 heteroatoms. The van der Waals surface area contributed by atoms with Gasteiger partial charge in [-0.1, -0.05) is 0 Å². The van der Waals surface area contributed by atoms with Gasteiger partial charge in [0.2, 0.25) is 0 Å². The highest BCUT2D eigenvalue weighted by atomic mass is 16.5. The van der Waals surface area contributed by atoms with Gasteiger partial charge in [-0.15, -0.1) is 0 Å². The molecule has 0 amide bonds.